The Labute approximate surface area is 172 Å². The Morgan fingerprint density at radius 2 is 1.19 bits per heavy atom. The van der Waals surface area contributed by atoms with Gasteiger partial charge in [-0.15, -0.1) is 5.11 Å². The Kier molecular flexibility index (Phi) is 6.85. The minimum Gasteiger partial charge on any atom is -0.503 e. The highest BCUT2D eigenvalue weighted by atomic mass is 19.4. The molecule has 32 heavy (non-hydrogen) atoms. The van der Waals surface area contributed by atoms with Gasteiger partial charge in [-0.25, -0.2) is 0 Å². The SMILES string of the molecule is O=C(Nc1ccc(C(F)(F)F)cc1)/C(N=Nc1ccc(C(F)(F)F)cc1)=C(\O)C(F)(F)F. The molecule has 0 aliphatic carbocycles. The molecule has 0 aromatic heterocycles. The Morgan fingerprint density at radius 3 is 1.59 bits per heavy atom. The molecule has 0 aliphatic heterocycles. The van der Waals surface area contributed by atoms with E-state index in [1.807, 2.05) is 5.32 Å². The third kappa shape index (κ3) is 6.46. The summed E-state index contributed by atoms with van der Waals surface area (Å²) in [5.41, 5.74) is -4.58. The number of anilines is 1. The number of hydrogen-bond acceptors (Lipinski definition) is 4. The van der Waals surface area contributed by atoms with E-state index in [9.17, 15) is 49.4 Å². The molecule has 0 radical (unpaired) electrons. The van der Waals surface area contributed by atoms with Crippen molar-refractivity contribution in [3.05, 3.63) is 71.1 Å². The van der Waals surface area contributed by atoms with Gasteiger partial charge < -0.3 is 10.4 Å². The Morgan fingerprint density at radius 1 is 0.750 bits per heavy atom. The molecule has 2 N–H and O–H groups in total. The molecule has 0 fully saturated rings. The van der Waals surface area contributed by atoms with Crippen LogP contribution in [0.3, 0.4) is 0 Å². The van der Waals surface area contributed by atoms with Gasteiger partial charge in [0.1, 0.15) is 0 Å². The van der Waals surface area contributed by atoms with Gasteiger partial charge in [0.15, 0.2) is 5.70 Å². The van der Waals surface area contributed by atoms with Crippen LogP contribution in [0.4, 0.5) is 50.9 Å². The lowest BCUT2D eigenvalue weighted by atomic mass is 10.2. The number of benzene rings is 2. The van der Waals surface area contributed by atoms with Crippen molar-refractivity contribution in [2.24, 2.45) is 10.2 Å². The van der Waals surface area contributed by atoms with Gasteiger partial charge in [0.25, 0.3) is 5.91 Å². The first-order chi connectivity index (χ1) is 14.6. The summed E-state index contributed by atoms with van der Waals surface area (Å²) < 4.78 is 114. The number of rotatable bonds is 4. The zero-order valence-corrected chi connectivity index (χ0v) is 15.3. The van der Waals surface area contributed by atoms with Crippen LogP contribution in [0.15, 0.2) is 70.2 Å². The lowest BCUT2D eigenvalue weighted by Crippen LogP contribution is -2.21. The Bertz CT molecular complexity index is 1020. The van der Waals surface area contributed by atoms with Gasteiger partial charge in [-0.1, -0.05) is 0 Å². The van der Waals surface area contributed by atoms with Gasteiger partial charge in [-0.3, -0.25) is 4.79 Å². The number of carbonyl (C=O) groups excluding carboxylic acids is 1. The highest BCUT2D eigenvalue weighted by Gasteiger charge is 2.39. The summed E-state index contributed by atoms with van der Waals surface area (Å²) in [5, 5.41) is 17.3. The lowest BCUT2D eigenvalue weighted by Gasteiger charge is -2.11. The Balaban J connectivity index is 2.32. The summed E-state index contributed by atoms with van der Waals surface area (Å²) in [6.45, 7) is 0. The molecular weight excluding hydrogens is 461 g/mol. The maximum Gasteiger partial charge on any atom is 0.451 e. The average Bonchev–Trinajstić information content (AvgIpc) is 2.66. The fraction of sp³-hybridized carbons (Fsp3) is 0.167. The second-order valence-electron chi connectivity index (χ2n) is 5.97. The van der Waals surface area contributed by atoms with Crippen molar-refractivity contribution < 1.29 is 49.4 Å². The number of aliphatic hydroxyl groups excluding tert-OH is 1. The predicted molar refractivity (Wildman–Crippen MR) is 91.7 cm³/mol. The van der Waals surface area contributed by atoms with Crippen LogP contribution < -0.4 is 5.32 Å². The molecule has 0 heterocycles. The van der Waals surface area contributed by atoms with Gasteiger partial charge in [0.2, 0.25) is 5.76 Å². The number of halogens is 9. The first-order valence-electron chi connectivity index (χ1n) is 8.17. The highest BCUT2D eigenvalue weighted by Crippen LogP contribution is 2.32. The van der Waals surface area contributed by atoms with Crippen LogP contribution in [0, 0.1) is 0 Å². The van der Waals surface area contributed by atoms with Gasteiger partial charge in [0.05, 0.1) is 16.8 Å². The van der Waals surface area contributed by atoms with Gasteiger partial charge >= 0.3 is 18.5 Å². The van der Waals surface area contributed by atoms with Crippen molar-refractivity contribution in [3.63, 3.8) is 0 Å². The van der Waals surface area contributed by atoms with Crippen LogP contribution >= 0.6 is 0 Å². The molecule has 0 spiro atoms. The number of hydrogen-bond donors (Lipinski definition) is 2. The largest absolute Gasteiger partial charge is 0.503 e. The molecule has 0 saturated heterocycles. The molecule has 14 heteroatoms. The zero-order chi connectivity index (χ0) is 24.3. The molecule has 2 aromatic carbocycles. The molecule has 0 atom stereocenters. The van der Waals surface area contributed by atoms with Gasteiger partial charge in [-0.2, -0.15) is 44.6 Å². The average molecular weight is 471 g/mol. The fourth-order valence-electron chi connectivity index (χ4n) is 2.09. The minimum atomic E-state index is -5.45. The van der Waals surface area contributed by atoms with Crippen molar-refractivity contribution in [2.75, 3.05) is 5.32 Å². The van der Waals surface area contributed by atoms with Gasteiger partial charge in [-0.05, 0) is 48.5 Å². The van der Waals surface area contributed by atoms with Crippen molar-refractivity contribution in [2.45, 2.75) is 18.5 Å². The third-order valence-electron chi connectivity index (χ3n) is 3.64. The number of azo groups is 1. The third-order valence-corrected chi connectivity index (χ3v) is 3.64. The molecule has 2 rings (SSSR count). The van der Waals surface area contributed by atoms with E-state index in [0.29, 0.717) is 24.3 Å². The van der Waals surface area contributed by atoms with Crippen LogP contribution in [0.25, 0.3) is 0 Å². The van der Waals surface area contributed by atoms with Crippen molar-refractivity contribution in [1.29, 1.82) is 0 Å². The zero-order valence-electron chi connectivity index (χ0n) is 15.3. The van der Waals surface area contributed by atoms with Crippen LogP contribution in [0.1, 0.15) is 11.1 Å². The van der Waals surface area contributed by atoms with Crippen LogP contribution in [-0.2, 0) is 17.1 Å². The van der Waals surface area contributed by atoms with E-state index in [0.717, 1.165) is 24.3 Å². The number of alkyl halides is 9. The first-order valence-corrected chi connectivity index (χ1v) is 8.17. The maximum absolute atomic E-state index is 12.9. The maximum atomic E-state index is 12.9. The van der Waals surface area contributed by atoms with Crippen molar-refractivity contribution in [3.8, 4) is 0 Å². The number of nitrogens with zero attached hydrogens (tertiary/aromatic N) is 2. The van der Waals surface area contributed by atoms with Crippen molar-refractivity contribution >= 4 is 17.3 Å². The Hall–Kier alpha value is -3.58. The summed E-state index contributed by atoms with van der Waals surface area (Å²) >= 11 is 0. The second kappa shape index (κ2) is 8.88. The van der Waals surface area contributed by atoms with E-state index in [-0.39, 0.29) is 11.4 Å². The number of allylic oxidation sites excluding steroid dienone is 1. The van der Waals surface area contributed by atoms with Gasteiger partial charge in [0, 0.05) is 5.69 Å². The number of nitrogens with one attached hydrogen (secondary N) is 1. The van der Waals surface area contributed by atoms with E-state index in [1.165, 1.54) is 0 Å². The number of amides is 1. The predicted octanol–water partition coefficient (Wildman–Crippen LogP) is 6.78. The normalized spacial score (nSPS) is 13.8. The van der Waals surface area contributed by atoms with Crippen LogP contribution in [-0.4, -0.2) is 17.2 Å². The summed E-state index contributed by atoms with van der Waals surface area (Å²) in [4.78, 5) is 12.1. The smallest absolute Gasteiger partial charge is 0.451 e. The lowest BCUT2D eigenvalue weighted by molar-refractivity contribution is -0.138. The van der Waals surface area contributed by atoms with E-state index in [2.05, 4.69) is 10.2 Å². The summed E-state index contributed by atoms with van der Waals surface area (Å²) in [6.07, 6.45) is -14.8. The number of carbonyl (C=O) groups is 1. The summed E-state index contributed by atoms with van der Waals surface area (Å²) in [5.74, 6) is -4.16. The molecule has 2 aromatic rings. The molecule has 1 amide bonds. The molecule has 0 aliphatic rings. The van der Waals surface area contributed by atoms with E-state index < -0.39 is 47.0 Å². The standard InChI is InChI=1S/C18H10F9N3O2/c19-16(20,21)9-1-5-11(6-2-9)28-15(32)13(14(31)18(25,26)27)30-29-12-7-3-10(4-8-12)17(22,23)24/h1-8,31H,(H,28,32)/b14-13+,30-29?. The second-order valence-corrected chi connectivity index (χ2v) is 5.97. The molecule has 172 valence electrons. The van der Waals surface area contributed by atoms with Crippen molar-refractivity contribution in [1.82, 2.24) is 0 Å². The van der Waals surface area contributed by atoms with E-state index >= 15 is 0 Å². The van der Waals surface area contributed by atoms with Crippen LogP contribution in [0.2, 0.25) is 0 Å². The summed E-state index contributed by atoms with van der Waals surface area (Å²) in [7, 11) is 0. The topological polar surface area (TPSA) is 74.0 Å². The quantitative estimate of drug-likeness (QED) is 0.223. The molecule has 0 unspecified atom stereocenters. The highest BCUT2D eigenvalue weighted by molar-refractivity contribution is 6.03. The van der Waals surface area contributed by atoms with E-state index in [4.69, 9.17) is 0 Å². The summed E-state index contributed by atoms with van der Waals surface area (Å²) in [6, 6.07) is 5.21. The molecule has 0 saturated carbocycles. The number of aliphatic hydroxyl groups is 1. The van der Waals surface area contributed by atoms with Crippen LogP contribution in [0.5, 0.6) is 0 Å². The fourth-order valence-corrected chi connectivity index (χ4v) is 2.09. The monoisotopic (exact) mass is 471 g/mol. The first kappa shape index (κ1) is 24.7. The van der Waals surface area contributed by atoms with E-state index in [1.54, 1.807) is 0 Å². The molecular formula is C18H10F9N3O2. The molecule has 5 nitrogen and oxygen atoms in total. The minimum absolute atomic E-state index is 0.361. The molecule has 0 bridgehead atoms.